The maximum atomic E-state index is 4.72. The summed E-state index contributed by atoms with van der Waals surface area (Å²) in [6.07, 6.45) is 11.3. The molecule has 2 bridgehead atoms. The summed E-state index contributed by atoms with van der Waals surface area (Å²) in [4.78, 5) is 4.72. The number of aliphatic imine (C=N–C) groups is 1. The van der Waals surface area contributed by atoms with Crippen molar-refractivity contribution >= 4 is 11.9 Å². The molecule has 0 amide bonds. The van der Waals surface area contributed by atoms with Crippen molar-refractivity contribution in [1.29, 1.82) is 0 Å². The zero-order valence-electron chi connectivity index (χ0n) is 11.9. The minimum atomic E-state index is 0.144. The summed E-state index contributed by atoms with van der Waals surface area (Å²) in [5, 5.41) is 3.90. The standard InChI is InChI=1S/C17H24N2/c1-16-10-6-3-7-11-17(19-16,13-12-16)14-18-15-8-4-2-5-9-15/h2,4-5,8-9,14,19H,3,6-7,10-13H2,1H3. The molecule has 0 saturated carbocycles. The lowest BCUT2D eigenvalue weighted by Crippen LogP contribution is -2.50. The Morgan fingerprint density at radius 2 is 1.79 bits per heavy atom. The van der Waals surface area contributed by atoms with Gasteiger partial charge in [0.1, 0.15) is 0 Å². The van der Waals surface area contributed by atoms with Crippen LogP contribution in [0.25, 0.3) is 0 Å². The molecule has 2 aliphatic heterocycles. The molecule has 2 fully saturated rings. The smallest absolute Gasteiger partial charge is 0.0626 e. The summed E-state index contributed by atoms with van der Waals surface area (Å²) >= 11 is 0. The van der Waals surface area contributed by atoms with Crippen molar-refractivity contribution in [3.8, 4) is 0 Å². The van der Waals surface area contributed by atoms with Gasteiger partial charge in [0.05, 0.1) is 11.2 Å². The molecule has 0 radical (unpaired) electrons. The summed E-state index contributed by atoms with van der Waals surface area (Å²) in [6, 6.07) is 10.3. The quantitative estimate of drug-likeness (QED) is 0.787. The van der Waals surface area contributed by atoms with E-state index >= 15 is 0 Å². The van der Waals surface area contributed by atoms with Gasteiger partial charge in [0.2, 0.25) is 0 Å². The van der Waals surface area contributed by atoms with E-state index in [1.165, 1.54) is 44.9 Å². The van der Waals surface area contributed by atoms with E-state index in [1.54, 1.807) is 0 Å². The first-order valence-corrected chi connectivity index (χ1v) is 7.60. The number of fused-ring (bicyclic) bond motifs is 2. The Morgan fingerprint density at radius 1 is 1.00 bits per heavy atom. The highest BCUT2D eigenvalue weighted by Crippen LogP contribution is 2.38. The molecule has 1 N–H and O–H groups in total. The van der Waals surface area contributed by atoms with Crippen molar-refractivity contribution in [2.75, 3.05) is 0 Å². The topological polar surface area (TPSA) is 24.4 Å². The maximum absolute atomic E-state index is 4.72. The molecule has 2 unspecified atom stereocenters. The summed E-state index contributed by atoms with van der Waals surface area (Å²) in [5.74, 6) is 0. The molecule has 3 rings (SSSR count). The van der Waals surface area contributed by atoms with E-state index in [1.807, 2.05) is 6.07 Å². The average molecular weight is 256 g/mol. The van der Waals surface area contributed by atoms with Gasteiger partial charge in [-0.1, -0.05) is 37.5 Å². The molecule has 2 atom stereocenters. The van der Waals surface area contributed by atoms with Gasteiger partial charge in [0, 0.05) is 11.8 Å². The van der Waals surface area contributed by atoms with Crippen LogP contribution in [0, 0.1) is 0 Å². The normalized spacial score (nSPS) is 35.2. The molecule has 0 aliphatic carbocycles. The van der Waals surface area contributed by atoms with Crippen molar-refractivity contribution < 1.29 is 0 Å². The maximum Gasteiger partial charge on any atom is 0.0626 e. The number of rotatable bonds is 2. The van der Waals surface area contributed by atoms with Gasteiger partial charge in [-0.3, -0.25) is 4.99 Å². The fourth-order valence-corrected chi connectivity index (χ4v) is 3.61. The first-order chi connectivity index (χ1) is 9.20. The summed E-state index contributed by atoms with van der Waals surface area (Å²) in [5.41, 5.74) is 1.54. The van der Waals surface area contributed by atoms with Crippen molar-refractivity contribution in [3.63, 3.8) is 0 Å². The van der Waals surface area contributed by atoms with E-state index in [0.717, 1.165) is 5.69 Å². The average Bonchev–Trinajstić information content (AvgIpc) is 2.77. The van der Waals surface area contributed by atoms with Gasteiger partial charge in [-0.05, 0) is 44.7 Å². The molecular formula is C17H24N2. The molecule has 0 spiro atoms. The third-order valence-electron chi connectivity index (χ3n) is 4.74. The van der Waals surface area contributed by atoms with Gasteiger partial charge < -0.3 is 5.32 Å². The molecule has 19 heavy (non-hydrogen) atoms. The van der Waals surface area contributed by atoms with E-state index < -0.39 is 0 Å². The second-order valence-electron chi connectivity index (χ2n) is 6.50. The first-order valence-electron chi connectivity index (χ1n) is 7.60. The third kappa shape index (κ3) is 2.89. The van der Waals surface area contributed by atoms with Crippen LogP contribution in [0.5, 0.6) is 0 Å². The third-order valence-corrected chi connectivity index (χ3v) is 4.74. The SMILES string of the molecule is CC12CCCCCC(C=Nc3ccccc3)(CC1)N2. The van der Waals surface area contributed by atoms with E-state index in [9.17, 15) is 0 Å². The molecule has 2 nitrogen and oxygen atoms in total. The van der Waals surface area contributed by atoms with E-state index in [4.69, 9.17) is 4.99 Å². The van der Waals surface area contributed by atoms with Crippen LogP contribution < -0.4 is 5.32 Å². The number of benzene rings is 1. The molecule has 2 saturated heterocycles. The van der Waals surface area contributed by atoms with Crippen molar-refractivity contribution in [1.82, 2.24) is 5.32 Å². The number of hydrogen-bond donors (Lipinski definition) is 1. The summed E-state index contributed by atoms with van der Waals surface area (Å²) in [6.45, 7) is 2.39. The van der Waals surface area contributed by atoms with E-state index in [2.05, 4.69) is 42.7 Å². The Bertz CT molecular complexity index is 450. The molecular weight excluding hydrogens is 232 g/mol. The minimum Gasteiger partial charge on any atom is -0.301 e. The molecule has 1 aromatic carbocycles. The van der Waals surface area contributed by atoms with Crippen LogP contribution in [0.1, 0.15) is 51.9 Å². The fourth-order valence-electron chi connectivity index (χ4n) is 3.61. The van der Waals surface area contributed by atoms with Crippen molar-refractivity contribution in [3.05, 3.63) is 30.3 Å². The van der Waals surface area contributed by atoms with E-state index in [-0.39, 0.29) is 5.54 Å². The second-order valence-corrected chi connectivity index (χ2v) is 6.50. The molecule has 2 aliphatic rings. The summed E-state index contributed by atoms with van der Waals surface area (Å²) < 4.78 is 0. The van der Waals surface area contributed by atoms with Gasteiger partial charge in [-0.25, -0.2) is 0 Å². The first kappa shape index (κ1) is 12.9. The van der Waals surface area contributed by atoms with Crippen LogP contribution in [-0.2, 0) is 0 Å². The molecule has 0 aromatic heterocycles. The van der Waals surface area contributed by atoms with Gasteiger partial charge in [0.15, 0.2) is 0 Å². The van der Waals surface area contributed by atoms with Crippen LogP contribution in [0.3, 0.4) is 0 Å². The lowest BCUT2D eigenvalue weighted by atomic mass is 9.90. The number of nitrogens with one attached hydrogen (secondary N) is 1. The van der Waals surface area contributed by atoms with Crippen LogP contribution in [-0.4, -0.2) is 17.3 Å². The minimum absolute atomic E-state index is 0.144. The largest absolute Gasteiger partial charge is 0.301 e. The Balaban J connectivity index is 1.80. The summed E-state index contributed by atoms with van der Waals surface area (Å²) in [7, 11) is 0. The molecule has 102 valence electrons. The zero-order valence-corrected chi connectivity index (χ0v) is 11.9. The van der Waals surface area contributed by atoms with Crippen LogP contribution >= 0.6 is 0 Å². The Morgan fingerprint density at radius 3 is 2.63 bits per heavy atom. The van der Waals surface area contributed by atoms with E-state index in [0.29, 0.717) is 5.54 Å². The molecule has 2 heterocycles. The number of nitrogens with zero attached hydrogens (tertiary/aromatic N) is 1. The van der Waals surface area contributed by atoms with Gasteiger partial charge in [-0.15, -0.1) is 0 Å². The zero-order chi connectivity index (χ0) is 13.2. The highest BCUT2D eigenvalue weighted by atomic mass is 15.1. The lowest BCUT2D eigenvalue weighted by Gasteiger charge is -2.34. The van der Waals surface area contributed by atoms with Crippen LogP contribution in [0.15, 0.2) is 35.3 Å². The van der Waals surface area contributed by atoms with Crippen LogP contribution in [0.4, 0.5) is 5.69 Å². The highest BCUT2D eigenvalue weighted by molar-refractivity contribution is 5.74. The number of hydrogen-bond acceptors (Lipinski definition) is 2. The predicted molar refractivity (Wildman–Crippen MR) is 81.2 cm³/mol. The number of para-hydroxylation sites is 1. The van der Waals surface area contributed by atoms with Gasteiger partial charge in [-0.2, -0.15) is 0 Å². The van der Waals surface area contributed by atoms with Gasteiger partial charge in [0.25, 0.3) is 0 Å². The Labute approximate surface area is 116 Å². The van der Waals surface area contributed by atoms with Crippen molar-refractivity contribution in [2.45, 2.75) is 62.9 Å². The highest BCUT2D eigenvalue weighted by Gasteiger charge is 2.43. The predicted octanol–water partition coefficient (Wildman–Crippen LogP) is 4.23. The monoisotopic (exact) mass is 256 g/mol. The fraction of sp³-hybridized carbons (Fsp3) is 0.588. The van der Waals surface area contributed by atoms with Crippen molar-refractivity contribution in [2.24, 2.45) is 4.99 Å². The Hall–Kier alpha value is -1.15. The molecule has 1 aromatic rings. The Kier molecular flexibility index (Phi) is 3.44. The lowest BCUT2D eigenvalue weighted by molar-refractivity contribution is 0.299. The molecule has 2 heteroatoms. The van der Waals surface area contributed by atoms with Gasteiger partial charge >= 0.3 is 0 Å². The van der Waals surface area contributed by atoms with Crippen LogP contribution in [0.2, 0.25) is 0 Å². The second kappa shape index (κ2) is 5.09.